The zero-order valence-electron chi connectivity index (χ0n) is 14.6. The van der Waals surface area contributed by atoms with Crippen molar-refractivity contribution in [1.82, 2.24) is 9.80 Å². The molecule has 0 radical (unpaired) electrons. The summed E-state index contributed by atoms with van der Waals surface area (Å²) in [6.45, 7) is 11.1. The van der Waals surface area contributed by atoms with Crippen molar-refractivity contribution in [3.05, 3.63) is 0 Å². The van der Waals surface area contributed by atoms with Crippen LogP contribution in [0, 0.1) is 0 Å². The number of likely N-dealkylation sites (tertiary alicyclic amines) is 2. The summed E-state index contributed by atoms with van der Waals surface area (Å²) in [5.41, 5.74) is -1.21. The average Bonchev–Trinajstić information content (AvgIpc) is 2.40. The van der Waals surface area contributed by atoms with E-state index in [1.165, 1.54) is 0 Å². The summed E-state index contributed by atoms with van der Waals surface area (Å²) < 4.78 is 5.57. The number of rotatable bonds is 1. The predicted molar refractivity (Wildman–Crippen MR) is 85.6 cm³/mol. The van der Waals surface area contributed by atoms with Gasteiger partial charge in [-0.2, -0.15) is 0 Å². The number of hydrogen-bond acceptors (Lipinski definition) is 3. The van der Waals surface area contributed by atoms with E-state index in [4.69, 9.17) is 4.74 Å². The molecule has 1 unspecified atom stereocenters. The highest BCUT2D eigenvalue weighted by molar-refractivity contribution is 5.91. The number of amides is 2. The van der Waals surface area contributed by atoms with Gasteiger partial charge < -0.3 is 9.64 Å². The van der Waals surface area contributed by atoms with Crippen LogP contribution in [-0.2, 0) is 9.53 Å². The molecule has 0 N–H and O–H groups in total. The third kappa shape index (κ3) is 3.23. The first-order chi connectivity index (χ1) is 10.2. The quantitative estimate of drug-likeness (QED) is 0.747. The Morgan fingerprint density at radius 1 is 1.14 bits per heavy atom. The van der Waals surface area contributed by atoms with Crippen molar-refractivity contribution in [2.75, 3.05) is 13.1 Å². The smallest absolute Gasteiger partial charge is 0.411 e. The van der Waals surface area contributed by atoms with E-state index in [1.54, 1.807) is 4.90 Å². The molecule has 126 valence electrons. The minimum absolute atomic E-state index is 0.110. The van der Waals surface area contributed by atoms with Crippen LogP contribution >= 0.6 is 0 Å². The number of nitrogens with zero attached hydrogens (tertiary/aromatic N) is 2. The minimum Gasteiger partial charge on any atom is -0.444 e. The Kier molecular flexibility index (Phi) is 4.73. The van der Waals surface area contributed by atoms with E-state index in [0.29, 0.717) is 6.54 Å². The van der Waals surface area contributed by atoms with Crippen LogP contribution in [0.15, 0.2) is 0 Å². The summed E-state index contributed by atoms with van der Waals surface area (Å²) in [5, 5.41) is 0. The third-order valence-electron chi connectivity index (χ3n) is 4.62. The van der Waals surface area contributed by atoms with Crippen molar-refractivity contribution in [2.45, 2.75) is 83.9 Å². The molecule has 2 aliphatic heterocycles. The third-order valence-corrected chi connectivity index (χ3v) is 4.62. The lowest BCUT2D eigenvalue weighted by Crippen LogP contribution is -2.66. The summed E-state index contributed by atoms with van der Waals surface area (Å²) in [6.07, 6.45) is 4.06. The molecule has 1 atom stereocenters. The molecule has 0 bridgehead atoms. The van der Waals surface area contributed by atoms with Gasteiger partial charge >= 0.3 is 6.09 Å². The molecule has 2 amide bonds. The Labute approximate surface area is 134 Å². The fourth-order valence-corrected chi connectivity index (χ4v) is 3.61. The number of carbonyl (C=O) groups is 2. The van der Waals surface area contributed by atoms with Gasteiger partial charge in [-0.25, -0.2) is 4.79 Å². The average molecular weight is 310 g/mol. The minimum atomic E-state index is -0.677. The topological polar surface area (TPSA) is 49.9 Å². The Bertz CT molecular complexity index is 438. The molecule has 1 spiro atoms. The van der Waals surface area contributed by atoms with Crippen LogP contribution in [0.2, 0.25) is 0 Å². The Hall–Kier alpha value is -1.26. The molecule has 2 heterocycles. The first-order valence-corrected chi connectivity index (χ1v) is 8.49. The molecule has 0 aliphatic carbocycles. The molecule has 2 fully saturated rings. The van der Waals surface area contributed by atoms with Crippen LogP contribution in [0.25, 0.3) is 0 Å². The lowest BCUT2D eigenvalue weighted by molar-refractivity contribution is -0.153. The van der Waals surface area contributed by atoms with Crippen LogP contribution in [0.4, 0.5) is 4.79 Å². The highest BCUT2D eigenvalue weighted by Gasteiger charge is 2.52. The number of ether oxygens (including phenoxy) is 1. The fourth-order valence-electron chi connectivity index (χ4n) is 3.61. The zero-order valence-corrected chi connectivity index (χ0v) is 14.6. The van der Waals surface area contributed by atoms with Gasteiger partial charge in [0, 0.05) is 19.1 Å². The van der Waals surface area contributed by atoms with E-state index >= 15 is 0 Å². The summed E-state index contributed by atoms with van der Waals surface area (Å²) in [4.78, 5) is 29.4. The highest BCUT2D eigenvalue weighted by Crippen LogP contribution is 2.38. The van der Waals surface area contributed by atoms with Gasteiger partial charge in [-0.1, -0.05) is 0 Å². The largest absolute Gasteiger partial charge is 0.444 e. The van der Waals surface area contributed by atoms with Crippen molar-refractivity contribution < 1.29 is 14.3 Å². The molecular formula is C17H30N2O3. The van der Waals surface area contributed by atoms with Crippen molar-refractivity contribution in [3.8, 4) is 0 Å². The molecule has 22 heavy (non-hydrogen) atoms. The maximum Gasteiger partial charge on any atom is 0.411 e. The van der Waals surface area contributed by atoms with Gasteiger partial charge in [-0.15, -0.1) is 0 Å². The number of hydrogen-bond donors (Lipinski definition) is 0. The van der Waals surface area contributed by atoms with E-state index in [9.17, 15) is 9.59 Å². The van der Waals surface area contributed by atoms with Crippen LogP contribution in [-0.4, -0.2) is 52.1 Å². The normalized spacial score (nSPS) is 26.7. The lowest BCUT2D eigenvalue weighted by atomic mass is 9.79. The van der Waals surface area contributed by atoms with Gasteiger partial charge in [0.05, 0.1) is 0 Å². The summed E-state index contributed by atoms with van der Waals surface area (Å²) >= 11 is 0. The maximum atomic E-state index is 13.1. The van der Waals surface area contributed by atoms with Gasteiger partial charge in [0.15, 0.2) is 0 Å². The Morgan fingerprint density at radius 3 is 2.36 bits per heavy atom. The fraction of sp³-hybridized carbons (Fsp3) is 0.882. The van der Waals surface area contributed by atoms with Crippen molar-refractivity contribution in [3.63, 3.8) is 0 Å². The molecule has 2 aliphatic rings. The molecule has 2 saturated heterocycles. The maximum absolute atomic E-state index is 13.1. The molecular weight excluding hydrogens is 280 g/mol. The molecule has 0 aromatic rings. The molecule has 5 nitrogen and oxygen atoms in total. The van der Waals surface area contributed by atoms with Gasteiger partial charge in [-0.05, 0) is 66.7 Å². The number of piperidine rings is 2. The molecule has 0 aromatic heterocycles. The first-order valence-electron chi connectivity index (χ1n) is 8.49. The van der Waals surface area contributed by atoms with Gasteiger partial charge in [-0.3, -0.25) is 9.69 Å². The van der Waals surface area contributed by atoms with Crippen molar-refractivity contribution in [2.24, 2.45) is 0 Å². The Balaban J connectivity index is 2.28. The predicted octanol–water partition coefficient (Wildman–Crippen LogP) is 3.18. The SMILES string of the molecule is CC(C)N1CCCC2(CCCCN2C(=O)OC(C)(C)C)C1=O. The highest BCUT2D eigenvalue weighted by atomic mass is 16.6. The molecule has 2 rings (SSSR count). The van der Waals surface area contributed by atoms with Gasteiger partial charge in [0.25, 0.3) is 0 Å². The second-order valence-electron chi connectivity index (χ2n) is 7.82. The molecule has 0 aromatic carbocycles. The standard InChI is InChI=1S/C17H30N2O3/c1-13(2)18-11-8-10-17(14(18)20)9-6-7-12-19(17)15(21)22-16(3,4)5/h13H,6-12H2,1-5H3. The van der Waals surface area contributed by atoms with Crippen molar-refractivity contribution >= 4 is 12.0 Å². The lowest BCUT2D eigenvalue weighted by Gasteiger charge is -2.51. The zero-order chi connectivity index (χ0) is 16.5. The Morgan fingerprint density at radius 2 is 1.77 bits per heavy atom. The number of carbonyl (C=O) groups excluding carboxylic acids is 2. The second kappa shape index (κ2) is 6.09. The van der Waals surface area contributed by atoms with Crippen LogP contribution in [0.3, 0.4) is 0 Å². The van der Waals surface area contributed by atoms with Gasteiger partial charge in [0.2, 0.25) is 5.91 Å². The van der Waals surface area contributed by atoms with E-state index < -0.39 is 11.1 Å². The molecule has 5 heteroatoms. The van der Waals surface area contributed by atoms with E-state index in [1.807, 2.05) is 39.5 Å². The van der Waals surface area contributed by atoms with E-state index in [0.717, 1.165) is 38.6 Å². The van der Waals surface area contributed by atoms with Crippen LogP contribution in [0.1, 0.15) is 66.7 Å². The molecule has 0 saturated carbocycles. The summed E-state index contributed by atoms with van der Waals surface area (Å²) in [7, 11) is 0. The van der Waals surface area contributed by atoms with E-state index in [2.05, 4.69) is 0 Å². The monoisotopic (exact) mass is 310 g/mol. The van der Waals surface area contributed by atoms with E-state index in [-0.39, 0.29) is 18.0 Å². The first kappa shape index (κ1) is 17.1. The summed E-state index contributed by atoms with van der Waals surface area (Å²) in [6, 6.07) is 0.173. The van der Waals surface area contributed by atoms with Crippen LogP contribution in [0.5, 0.6) is 0 Å². The second-order valence-corrected chi connectivity index (χ2v) is 7.82. The van der Waals surface area contributed by atoms with Gasteiger partial charge in [0.1, 0.15) is 11.1 Å². The van der Waals surface area contributed by atoms with Crippen molar-refractivity contribution in [1.29, 1.82) is 0 Å². The van der Waals surface area contributed by atoms with Crippen LogP contribution < -0.4 is 0 Å². The summed E-state index contributed by atoms with van der Waals surface area (Å²) in [5.74, 6) is 0.110.